The second-order valence-corrected chi connectivity index (χ2v) is 4.13. The van der Waals surface area contributed by atoms with Crippen molar-refractivity contribution >= 4 is 5.82 Å². The van der Waals surface area contributed by atoms with Gasteiger partial charge in [-0.15, -0.1) is 0 Å². The van der Waals surface area contributed by atoms with Gasteiger partial charge < -0.3 is 15.5 Å². The third-order valence-corrected chi connectivity index (χ3v) is 2.88. The van der Waals surface area contributed by atoms with Crippen molar-refractivity contribution in [1.29, 1.82) is 0 Å². The van der Waals surface area contributed by atoms with Gasteiger partial charge in [0.25, 0.3) is 5.56 Å². The lowest BCUT2D eigenvalue weighted by Gasteiger charge is -2.09. The molecule has 16 heavy (non-hydrogen) atoms. The van der Waals surface area contributed by atoms with Gasteiger partial charge in [-0.2, -0.15) is 0 Å². The monoisotopic (exact) mass is 223 g/mol. The lowest BCUT2D eigenvalue weighted by molar-refractivity contribution is 0.193. The molecule has 1 aromatic heterocycles. The van der Waals surface area contributed by atoms with E-state index in [4.69, 9.17) is 10.5 Å². The predicted octanol–water partition coefficient (Wildman–Crippen LogP) is 0.809. The van der Waals surface area contributed by atoms with Gasteiger partial charge in [-0.05, 0) is 12.8 Å². The van der Waals surface area contributed by atoms with E-state index in [-0.39, 0.29) is 11.5 Å². The van der Waals surface area contributed by atoms with Crippen molar-refractivity contribution in [1.82, 2.24) is 9.97 Å². The van der Waals surface area contributed by atoms with Gasteiger partial charge in [-0.1, -0.05) is 13.3 Å². The van der Waals surface area contributed by atoms with Gasteiger partial charge in [-0.3, -0.25) is 4.79 Å². The molecule has 1 aliphatic rings. The molecule has 0 radical (unpaired) electrons. The number of aromatic nitrogens is 2. The van der Waals surface area contributed by atoms with Crippen molar-refractivity contribution in [2.45, 2.75) is 32.1 Å². The summed E-state index contributed by atoms with van der Waals surface area (Å²) in [6.07, 6.45) is 2.46. The highest BCUT2D eigenvalue weighted by atomic mass is 16.5. The molecular formula is C11H17N3O2. The van der Waals surface area contributed by atoms with Crippen LogP contribution in [0.1, 0.15) is 37.1 Å². The Morgan fingerprint density at radius 1 is 1.62 bits per heavy atom. The lowest BCUT2D eigenvalue weighted by Crippen LogP contribution is -2.21. The SMILES string of the molecule is CCCc1c(N)nc(C2CCOC2)[nH]c1=O. The van der Waals surface area contributed by atoms with E-state index in [1.807, 2.05) is 6.92 Å². The van der Waals surface area contributed by atoms with Crippen LogP contribution in [0.15, 0.2) is 4.79 Å². The van der Waals surface area contributed by atoms with Gasteiger partial charge in [0.15, 0.2) is 0 Å². The Balaban J connectivity index is 2.32. The van der Waals surface area contributed by atoms with Crippen LogP contribution in [0, 0.1) is 0 Å². The third-order valence-electron chi connectivity index (χ3n) is 2.88. The molecule has 2 heterocycles. The van der Waals surface area contributed by atoms with Crippen molar-refractivity contribution < 1.29 is 4.74 Å². The van der Waals surface area contributed by atoms with Gasteiger partial charge >= 0.3 is 0 Å². The number of aromatic amines is 1. The largest absolute Gasteiger partial charge is 0.383 e. The first-order valence-electron chi connectivity index (χ1n) is 5.68. The molecule has 0 amide bonds. The normalized spacial score (nSPS) is 20.2. The van der Waals surface area contributed by atoms with Crippen LogP contribution in [0.5, 0.6) is 0 Å². The van der Waals surface area contributed by atoms with Crippen LogP contribution in [0.2, 0.25) is 0 Å². The highest BCUT2D eigenvalue weighted by Gasteiger charge is 2.21. The van der Waals surface area contributed by atoms with Crippen molar-refractivity contribution in [3.8, 4) is 0 Å². The first-order valence-corrected chi connectivity index (χ1v) is 5.68. The van der Waals surface area contributed by atoms with Crippen molar-refractivity contribution in [3.63, 3.8) is 0 Å². The minimum absolute atomic E-state index is 0.101. The standard InChI is InChI=1S/C11H17N3O2/c1-2-3-8-9(12)13-10(14-11(8)15)7-4-5-16-6-7/h7H,2-6H2,1H3,(H3,12,13,14,15). The quantitative estimate of drug-likeness (QED) is 0.794. The number of hydrogen-bond acceptors (Lipinski definition) is 4. The lowest BCUT2D eigenvalue weighted by atomic mass is 10.1. The Morgan fingerprint density at radius 2 is 2.44 bits per heavy atom. The maximum Gasteiger partial charge on any atom is 0.256 e. The zero-order valence-corrected chi connectivity index (χ0v) is 9.45. The molecule has 0 saturated carbocycles. The molecule has 88 valence electrons. The van der Waals surface area contributed by atoms with E-state index in [1.165, 1.54) is 0 Å². The third kappa shape index (κ3) is 2.09. The van der Waals surface area contributed by atoms with Crippen LogP contribution in [-0.4, -0.2) is 23.2 Å². The summed E-state index contributed by atoms with van der Waals surface area (Å²) in [6, 6.07) is 0. The van der Waals surface area contributed by atoms with E-state index in [1.54, 1.807) is 0 Å². The highest BCUT2D eigenvalue weighted by Crippen LogP contribution is 2.22. The number of anilines is 1. The molecule has 5 heteroatoms. The molecule has 1 unspecified atom stereocenters. The summed E-state index contributed by atoms with van der Waals surface area (Å²) >= 11 is 0. The second kappa shape index (κ2) is 4.65. The van der Waals surface area contributed by atoms with Gasteiger partial charge in [-0.25, -0.2) is 4.98 Å². The second-order valence-electron chi connectivity index (χ2n) is 4.13. The Labute approximate surface area is 94.0 Å². The van der Waals surface area contributed by atoms with Crippen LogP contribution in [-0.2, 0) is 11.2 Å². The molecule has 1 aliphatic heterocycles. The summed E-state index contributed by atoms with van der Waals surface area (Å²) in [7, 11) is 0. The molecule has 0 spiro atoms. The minimum Gasteiger partial charge on any atom is -0.383 e. The van der Waals surface area contributed by atoms with E-state index in [9.17, 15) is 4.79 Å². The smallest absolute Gasteiger partial charge is 0.256 e. The topological polar surface area (TPSA) is 81.0 Å². The first-order chi connectivity index (χ1) is 7.72. The van der Waals surface area contributed by atoms with Crippen LogP contribution in [0.4, 0.5) is 5.82 Å². The maximum absolute atomic E-state index is 11.8. The number of nitrogens with two attached hydrogens (primary N) is 1. The number of ether oxygens (including phenoxy) is 1. The van der Waals surface area contributed by atoms with E-state index >= 15 is 0 Å². The average molecular weight is 223 g/mol. The summed E-state index contributed by atoms with van der Waals surface area (Å²) in [6.45, 7) is 3.36. The minimum atomic E-state index is -0.101. The molecule has 0 aliphatic carbocycles. The predicted molar refractivity (Wildman–Crippen MR) is 61.4 cm³/mol. The molecule has 1 fully saturated rings. The fourth-order valence-corrected chi connectivity index (χ4v) is 1.97. The van der Waals surface area contributed by atoms with Crippen LogP contribution in [0.3, 0.4) is 0 Å². The van der Waals surface area contributed by atoms with E-state index in [0.29, 0.717) is 30.2 Å². The number of nitrogens with one attached hydrogen (secondary N) is 1. The Hall–Kier alpha value is -1.36. The maximum atomic E-state index is 11.8. The van der Waals surface area contributed by atoms with Crippen molar-refractivity contribution in [2.75, 3.05) is 18.9 Å². The summed E-state index contributed by atoms with van der Waals surface area (Å²) in [5.41, 5.74) is 6.31. The number of rotatable bonds is 3. The summed E-state index contributed by atoms with van der Waals surface area (Å²) in [5, 5.41) is 0. The van der Waals surface area contributed by atoms with Crippen molar-refractivity contribution in [2.24, 2.45) is 0 Å². The molecule has 0 bridgehead atoms. The van der Waals surface area contributed by atoms with Crippen LogP contribution < -0.4 is 11.3 Å². The highest BCUT2D eigenvalue weighted by molar-refractivity contribution is 5.38. The Morgan fingerprint density at radius 3 is 3.00 bits per heavy atom. The molecule has 3 N–H and O–H groups in total. The first kappa shape index (κ1) is 11.1. The molecule has 5 nitrogen and oxygen atoms in total. The fourth-order valence-electron chi connectivity index (χ4n) is 1.97. The molecule has 1 aromatic rings. The molecule has 1 atom stereocenters. The number of H-pyrrole nitrogens is 1. The zero-order valence-electron chi connectivity index (χ0n) is 9.45. The summed E-state index contributed by atoms with van der Waals surface area (Å²) in [5.74, 6) is 1.22. The van der Waals surface area contributed by atoms with Crippen LogP contribution >= 0.6 is 0 Å². The summed E-state index contributed by atoms with van der Waals surface area (Å²) < 4.78 is 5.27. The summed E-state index contributed by atoms with van der Waals surface area (Å²) in [4.78, 5) is 18.9. The van der Waals surface area contributed by atoms with Gasteiger partial charge in [0.05, 0.1) is 12.2 Å². The van der Waals surface area contributed by atoms with E-state index in [2.05, 4.69) is 9.97 Å². The zero-order chi connectivity index (χ0) is 11.5. The fraction of sp³-hybridized carbons (Fsp3) is 0.636. The Bertz CT molecular complexity index is 422. The van der Waals surface area contributed by atoms with Gasteiger partial charge in [0.2, 0.25) is 0 Å². The molecule has 0 aromatic carbocycles. The average Bonchev–Trinajstić information content (AvgIpc) is 2.76. The van der Waals surface area contributed by atoms with Gasteiger partial charge in [0.1, 0.15) is 11.6 Å². The van der Waals surface area contributed by atoms with E-state index < -0.39 is 0 Å². The van der Waals surface area contributed by atoms with Crippen molar-refractivity contribution in [3.05, 3.63) is 21.7 Å². The number of hydrogen-bond donors (Lipinski definition) is 2. The molecular weight excluding hydrogens is 206 g/mol. The Kier molecular flexibility index (Phi) is 3.24. The molecule has 2 rings (SSSR count). The van der Waals surface area contributed by atoms with Crippen LogP contribution in [0.25, 0.3) is 0 Å². The van der Waals surface area contributed by atoms with Gasteiger partial charge in [0, 0.05) is 12.5 Å². The number of nitrogen functional groups attached to an aromatic ring is 1. The van der Waals surface area contributed by atoms with E-state index in [0.717, 1.165) is 19.4 Å². The molecule has 1 saturated heterocycles. The number of nitrogens with zero attached hydrogens (tertiary/aromatic N) is 1.